The normalized spacial score (nSPS) is 19.3. The summed E-state index contributed by atoms with van der Waals surface area (Å²) in [7, 11) is 9.49. The van der Waals surface area contributed by atoms with Crippen LogP contribution in [0.3, 0.4) is 0 Å². The molecule has 10 aromatic heterocycles. The smallest absolute Gasteiger partial charge is 0.276 e. The van der Waals surface area contributed by atoms with Crippen LogP contribution >= 0.6 is 0 Å². The van der Waals surface area contributed by atoms with Crippen molar-refractivity contribution >= 4 is 118 Å². The van der Waals surface area contributed by atoms with Crippen LogP contribution in [-0.2, 0) is 69.1 Å². The molecule has 35 nitrogen and oxygen atoms in total. The average molecular weight is 1920 g/mol. The lowest BCUT2D eigenvalue weighted by Crippen LogP contribution is -2.39. The van der Waals surface area contributed by atoms with E-state index in [1.165, 1.54) is 38.5 Å². The molecule has 17 heterocycles. The van der Waals surface area contributed by atoms with E-state index in [9.17, 15) is 14.0 Å². The van der Waals surface area contributed by atoms with Crippen LogP contribution in [0.1, 0.15) is 173 Å². The Morgan fingerprint density at radius 3 is 1.42 bits per heavy atom. The minimum absolute atomic E-state index is 0.0587. The van der Waals surface area contributed by atoms with Gasteiger partial charge in [-0.05, 0) is 219 Å². The molecule has 0 bridgehead atoms. The van der Waals surface area contributed by atoms with Gasteiger partial charge in [0.25, 0.3) is 11.8 Å². The van der Waals surface area contributed by atoms with Crippen molar-refractivity contribution in [2.45, 2.75) is 186 Å². The third-order valence-corrected chi connectivity index (χ3v) is 26.5. The minimum atomic E-state index is -0.917. The number of aromatic nitrogens is 15. The number of ether oxygens (including phenoxy) is 8. The number of amides is 2. The molecule has 0 spiro atoms. The van der Waals surface area contributed by atoms with E-state index in [0.29, 0.717) is 98.0 Å². The number of benzene rings is 5. The predicted octanol–water partition coefficient (Wildman–Crippen LogP) is 17.2. The topological polar surface area (TPSA) is 388 Å². The third kappa shape index (κ3) is 22.6. The van der Waals surface area contributed by atoms with Crippen LogP contribution in [-0.4, -0.2) is 202 Å². The lowest BCUT2D eigenvalue weighted by Gasteiger charge is -2.35. The minimum Gasteiger partial charge on any atom is -0.475 e. The van der Waals surface area contributed by atoms with Crippen molar-refractivity contribution in [3.63, 3.8) is 0 Å². The van der Waals surface area contributed by atoms with Gasteiger partial charge in [-0.25, -0.2) is 9.37 Å². The number of halogens is 1. The van der Waals surface area contributed by atoms with Gasteiger partial charge in [0, 0.05) is 156 Å². The number of amidine groups is 3. The second-order valence-corrected chi connectivity index (χ2v) is 38.1. The Balaban J connectivity index is 0.000000113. The molecule has 6 unspecified atom stereocenters. The SMILES string of the molecule is CC1CC(Oc2nn(C)c3cc(NC4=NCc5cccnc54)ccc23)CCO1.Cn1nc(OC2CCCCC2F)c2ccc(NC3=NCc4cccnc43)cc21.Cn1nc(OC2CCOC(C)(C)C2)c2ccc(NC(=O)c3ccccn3)cc21.Cn1nc(OC2CCOC(C)(C)C2)c2ccc(NC(=O)c3ncccc3N)cc21.Cn1nc(OCCN2CCCCC2)c2ccc(NC3=NCc4ncccc43)cc21. The van der Waals surface area contributed by atoms with Crippen molar-refractivity contribution in [1.82, 2.24) is 78.7 Å². The molecular weight excluding hydrogens is 1800 g/mol. The highest BCUT2D eigenvalue weighted by molar-refractivity contribution is 6.13. The number of nitrogens with zero attached hydrogens (tertiary/aromatic N) is 19. The van der Waals surface area contributed by atoms with Gasteiger partial charge in [-0.15, -0.1) is 25.5 Å². The Morgan fingerprint density at radius 2 is 0.901 bits per heavy atom. The highest BCUT2D eigenvalue weighted by atomic mass is 19.1. The van der Waals surface area contributed by atoms with E-state index >= 15 is 0 Å². The molecule has 36 heteroatoms. The maximum absolute atomic E-state index is 14.2. The molecule has 6 atom stereocenters. The summed E-state index contributed by atoms with van der Waals surface area (Å²) in [6.07, 6.45) is 20.0. The molecule has 7 aliphatic heterocycles. The van der Waals surface area contributed by atoms with Crippen LogP contribution in [0.4, 0.5) is 38.5 Å². The van der Waals surface area contributed by atoms with Gasteiger partial charge in [-0.3, -0.25) is 72.8 Å². The van der Waals surface area contributed by atoms with E-state index < -0.39 is 12.3 Å². The number of nitrogen functional groups attached to an aromatic ring is 1. The van der Waals surface area contributed by atoms with Crippen molar-refractivity contribution in [3.05, 3.63) is 234 Å². The van der Waals surface area contributed by atoms with Gasteiger partial charge in [-0.1, -0.05) is 31.0 Å². The number of fused-ring (bicyclic) bond motifs is 8. The van der Waals surface area contributed by atoms with E-state index in [4.69, 9.17) is 43.6 Å². The zero-order chi connectivity index (χ0) is 98.1. The largest absolute Gasteiger partial charge is 0.475 e. The first-order valence-corrected chi connectivity index (χ1v) is 48.8. The molecule has 5 aromatic carbocycles. The molecule has 7 N–H and O–H groups in total. The van der Waals surface area contributed by atoms with Crippen molar-refractivity contribution in [3.8, 4) is 29.4 Å². The number of aryl methyl sites for hydroxylation is 5. The number of carbonyl (C=O) groups excluding carboxylic acids is 2. The van der Waals surface area contributed by atoms with Gasteiger partial charge in [0.1, 0.15) is 60.1 Å². The van der Waals surface area contributed by atoms with Crippen molar-refractivity contribution in [2.24, 2.45) is 50.2 Å². The van der Waals surface area contributed by atoms with E-state index in [1.54, 1.807) is 63.0 Å². The van der Waals surface area contributed by atoms with Crippen LogP contribution in [0.25, 0.3) is 54.5 Å². The Bertz CT molecular complexity index is 7180. The number of piperidine rings is 1. The summed E-state index contributed by atoms with van der Waals surface area (Å²) in [6, 6.07) is 50.1. The number of rotatable bonds is 19. The second kappa shape index (κ2) is 42.7. The summed E-state index contributed by atoms with van der Waals surface area (Å²) in [5.41, 5.74) is 21.4. The fourth-order valence-corrected chi connectivity index (χ4v) is 19.1. The molecule has 736 valence electrons. The van der Waals surface area contributed by atoms with Crippen LogP contribution in [0, 0.1) is 0 Å². The Kier molecular flexibility index (Phi) is 28.8. The summed E-state index contributed by atoms with van der Waals surface area (Å²) in [5, 5.41) is 43.4. The van der Waals surface area contributed by atoms with Crippen LogP contribution in [0.2, 0.25) is 0 Å². The van der Waals surface area contributed by atoms with Crippen molar-refractivity contribution < 1.29 is 51.9 Å². The highest BCUT2D eigenvalue weighted by Gasteiger charge is 2.35. The Hall–Kier alpha value is -14.9. The number of alkyl halides is 1. The summed E-state index contributed by atoms with van der Waals surface area (Å²) >= 11 is 0. The highest BCUT2D eigenvalue weighted by Crippen LogP contribution is 2.39. The van der Waals surface area contributed by atoms with Gasteiger partial charge in [-0.2, -0.15) is 0 Å². The maximum Gasteiger partial charge on any atom is 0.276 e. The zero-order valence-corrected chi connectivity index (χ0v) is 81.7. The number of hydrogen-bond acceptors (Lipinski definition) is 28. The van der Waals surface area contributed by atoms with E-state index in [0.717, 1.165) is 194 Å². The lowest BCUT2D eigenvalue weighted by molar-refractivity contribution is -0.0907. The summed E-state index contributed by atoms with van der Waals surface area (Å²) in [4.78, 5) is 62.4. The molecule has 1 saturated carbocycles. The Morgan fingerprint density at radius 1 is 0.451 bits per heavy atom. The first kappa shape index (κ1) is 96.0. The quantitative estimate of drug-likeness (QED) is 0.0438. The first-order valence-electron chi connectivity index (χ1n) is 48.8. The van der Waals surface area contributed by atoms with Crippen molar-refractivity contribution in [2.75, 3.05) is 78.4 Å². The summed E-state index contributed by atoms with van der Waals surface area (Å²) in [6.45, 7) is 18.4. The monoisotopic (exact) mass is 1920 g/mol. The van der Waals surface area contributed by atoms with Gasteiger partial charge in [0.15, 0.2) is 17.4 Å². The molecule has 5 fully saturated rings. The number of nitrogens with two attached hydrogens (primary N) is 1. The van der Waals surface area contributed by atoms with Crippen LogP contribution in [0.15, 0.2) is 204 Å². The first-order chi connectivity index (χ1) is 68.9. The molecule has 8 aliphatic rings. The zero-order valence-electron chi connectivity index (χ0n) is 81.7. The van der Waals surface area contributed by atoms with Gasteiger partial charge >= 0.3 is 0 Å². The maximum atomic E-state index is 14.2. The van der Waals surface area contributed by atoms with Gasteiger partial charge in [0.05, 0.1) is 123 Å². The number of hydrogen-bond donors (Lipinski definition) is 6. The predicted molar refractivity (Wildman–Crippen MR) is 547 cm³/mol. The van der Waals surface area contributed by atoms with Crippen LogP contribution in [0.5, 0.6) is 29.4 Å². The molecule has 142 heavy (non-hydrogen) atoms. The summed E-state index contributed by atoms with van der Waals surface area (Å²) in [5.74, 6) is 4.96. The van der Waals surface area contributed by atoms with Gasteiger partial charge < -0.3 is 70.2 Å². The molecular formula is C106H120FN25O10. The third-order valence-electron chi connectivity index (χ3n) is 26.5. The number of anilines is 6. The number of carbonyl (C=O) groups is 2. The molecule has 15 aromatic rings. The average Bonchev–Trinajstić information content (AvgIpc) is 1.65. The van der Waals surface area contributed by atoms with Crippen molar-refractivity contribution in [1.29, 1.82) is 0 Å². The van der Waals surface area contributed by atoms with E-state index in [2.05, 4.69) is 174 Å². The molecule has 1 aliphatic carbocycles. The number of pyridine rings is 5. The van der Waals surface area contributed by atoms with E-state index in [1.807, 2.05) is 136 Å². The van der Waals surface area contributed by atoms with Crippen LogP contribution < -0.4 is 56.0 Å². The molecule has 0 radical (unpaired) electrons. The fraction of sp³-hybridized carbons (Fsp3) is 0.387. The van der Waals surface area contributed by atoms with E-state index in [-0.39, 0.29) is 53.1 Å². The number of likely N-dealkylation sites (tertiary alicyclic amines) is 1. The molecule has 2 amide bonds. The summed E-state index contributed by atoms with van der Waals surface area (Å²) < 4.78 is 71.0. The lowest BCUT2D eigenvalue weighted by atomic mass is 9.96. The Labute approximate surface area is 821 Å². The molecule has 23 rings (SSSR count). The second-order valence-electron chi connectivity index (χ2n) is 38.1. The molecule has 4 saturated heterocycles. The fourth-order valence-electron chi connectivity index (χ4n) is 19.1. The number of nitrogens with one attached hydrogen (secondary N) is 5. The standard InChI is InChI=1S/C22H26N6O.C21H22FN5O.C21H25N5O3.C21H23N5O2.C21H24N4O3/c1-27-20-14-16(25-21-17-6-5-9-23-19(17)15-24-21)7-8-18(20)22(26-27)29-13-12-28-10-3-2-4-11-28;1-27-17-11-14(25-20-19-13(12-24-20)5-4-10-23-19)8-9-15(17)21(26-27)28-18-7-3-2-6-16(18)22;1-21(2)12-14(8-10-28-21)29-20-15-7-6-13(11-17(15)26(3)25-20)24-19(27)18-16(22)5-4-9-23-18;1-13-10-16(7-9-27-13)28-21-17-6-5-15(11-18(17)26(2)25-21)24-20-19-14(12-23-20)4-3-8-22-19;1-21(2)13-15(9-11-27-21)28-20-16-8-7-14(12-18(16)25(3)24-20)23-19(26)17-6-4-5-10-22-17/h5-9,14H,2-4,10-13,15H2,1H3,(H,24,25);4-5,8-11,16,18H,2-3,6-7,12H2,1H3,(H,24,25);4-7,9,11,14H,8,10,12,22H2,1-3H3,(H,24,27);3-6,8,11,13,16H,7,9-10,12H2,1-2H3,(H,23,24);4-8,10,12,15H,9,11,13H2,1-3H3,(H,23,26). The number of aliphatic imine (C=N–C) groups is 3. The van der Waals surface area contributed by atoms with Gasteiger partial charge in [0.2, 0.25) is 29.4 Å².